The number of nitrogens with one attached hydrogen (secondary N) is 1. The van der Waals surface area contributed by atoms with Gasteiger partial charge in [-0.15, -0.1) is 0 Å². The van der Waals surface area contributed by atoms with Gasteiger partial charge in [-0.05, 0) is 37.1 Å². The van der Waals surface area contributed by atoms with Crippen molar-refractivity contribution in [3.05, 3.63) is 29.3 Å². The summed E-state index contributed by atoms with van der Waals surface area (Å²) >= 11 is 5.78. The Labute approximate surface area is 133 Å². The molecule has 3 rings (SSSR count). The molecule has 2 fully saturated rings. The summed E-state index contributed by atoms with van der Waals surface area (Å²) in [6.07, 6.45) is 3.46. The first kappa shape index (κ1) is 15.0. The molecule has 0 radical (unpaired) electrons. The second kappa shape index (κ2) is 6.08. The van der Waals surface area contributed by atoms with Gasteiger partial charge in [-0.2, -0.15) is 0 Å². The summed E-state index contributed by atoms with van der Waals surface area (Å²) in [5.41, 5.74) is 0.589. The number of rotatable bonds is 3. The van der Waals surface area contributed by atoms with Gasteiger partial charge in [0.1, 0.15) is 6.54 Å². The Morgan fingerprint density at radius 3 is 2.18 bits per heavy atom. The van der Waals surface area contributed by atoms with Crippen molar-refractivity contribution < 1.29 is 14.4 Å². The van der Waals surface area contributed by atoms with Gasteiger partial charge in [0.2, 0.25) is 17.7 Å². The molecule has 22 heavy (non-hydrogen) atoms. The van der Waals surface area contributed by atoms with E-state index in [4.69, 9.17) is 11.6 Å². The quantitative estimate of drug-likeness (QED) is 0.870. The SMILES string of the molecule is O=C(CN1C(=O)C2CCCCC2C1=O)Nc1ccc(Cl)cc1. The Hall–Kier alpha value is -1.88. The van der Waals surface area contributed by atoms with E-state index in [1.165, 1.54) is 0 Å². The first-order chi connectivity index (χ1) is 10.6. The summed E-state index contributed by atoms with van der Waals surface area (Å²) in [6.45, 7) is -0.215. The first-order valence-electron chi connectivity index (χ1n) is 7.47. The first-order valence-corrected chi connectivity index (χ1v) is 7.84. The minimum absolute atomic E-state index is 0.194. The zero-order chi connectivity index (χ0) is 15.7. The van der Waals surface area contributed by atoms with E-state index in [-0.39, 0.29) is 36.1 Å². The van der Waals surface area contributed by atoms with Crippen molar-refractivity contribution in [1.82, 2.24) is 4.90 Å². The molecule has 1 N–H and O–H groups in total. The Bertz CT molecular complexity index is 590. The van der Waals surface area contributed by atoms with Gasteiger partial charge in [0.05, 0.1) is 11.8 Å². The van der Waals surface area contributed by atoms with Crippen LogP contribution in [-0.4, -0.2) is 29.2 Å². The fourth-order valence-corrected chi connectivity index (χ4v) is 3.39. The number of benzene rings is 1. The number of amides is 3. The molecule has 1 aromatic carbocycles. The van der Waals surface area contributed by atoms with Crippen molar-refractivity contribution in [3.8, 4) is 0 Å². The van der Waals surface area contributed by atoms with Crippen LogP contribution in [0.2, 0.25) is 5.02 Å². The zero-order valence-electron chi connectivity index (χ0n) is 12.0. The highest BCUT2D eigenvalue weighted by Gasteiger charge is 2.48. The van der Waals surface area contributed by atoms with Crippen LogP contribution in [0, 0.1) is 11.8 Å². The molecule has 3 amide bonds. The minimum atomic E-state index is -0.373. The van der Waals surface area contributed by atoms with E-state index >= 15 is 0 Å². The molecule has 0 spiro atoms. The van der Waals surface area contributed by atoms with Crippen LogP contribution in [-0.2, 0) is 14.4 Å². The summed E-state index contributed by atoms with van der Waals surface area (Å²) in [4.78, 5) is 37.8. The van der Waals surface area contributed by atoms with E-state index in [1.54, 1.807) is 24.3 Å². The van der Waals surface area contributed by atoms with E-state index < -0.39 is 0 Å². The van der Waals surface area contributed by atoms with Crippen LogP contribution < -0.4 is 5.32 Å². The third-order valence-electron chi connectivity index (χ3n) is 4.36. The van der Waals surface area contributed by atoms with E-state index in [0.717, 1.165) is 30.6 Å². The molecule has 116 valence electrons. The molecule has 1 aliphatic heterocycles. The smallest absolute Gasteiger partial charge is 0.244 e. The average Bonchev–Trinajstić information content (AvgIpc) is 2.75. The van der Waals surface area contributed by atoms with Crippen molar-refractivity contribution in [3.63, 3.8) is 0 Å². The lowest BCUT2D eigenvalue weighted by Gasteiger charge is -2.19. The molecule has 1 aromatic rings. The molecule has 2 aliphatic rings. The van der Waals surface area contributed by atoms with E-state index in [2.05, 4.69) is 5.32 Å². The molecule has 5 nitrogen and oxygen atoms in total. The summed E-state index contributed by atoms with van der Waals surface area (Å²) in [7, 11) is 0. The minimum Gasteiger partial charge on any atom is -0.325 e. The monoisotopic (exact) mass is 320 g/mol. The molecule has 0 bridgehead atoms. The second-order valence-corrected chi connectivity index (χ2v) is 6.25. The fourth-order valence-electron chi connectivity index (χ4n) is 3.26. The lowest BCUT2D eigenvalue weighted by Crippen LogP contribution is -2.38. The summed E-state index contributed by atoms with van der Waals surface area (Å²) in [5.74, 6) is -1.20. The Balaban J connectivity index is 1.64. The van der Waals surface area contributed by atoms with Crippen molar-refractivity contribution in [2.45, 2.75) is 25.7 Å². The largest absolute Gasteiger partial charge is 0.325 e. The van der Waals surface area contributed by atoms with Gasteiger partial charge in [0.25, 0.3) is 0 Å². The van der Waals surface area contributed by atoms with Gasteiger partial charge in [0, 0.05) is 10.7 Å². The van der Waals surface area contributed by atoms with Gasteiger partial charge in [-0.3, -0.25) is 19.3 Å². The van der Waals surface area contributed by atoms with Crippen LogP contribution in [0.25, 0.3) is 0 Å². The van der Waals surface area contributed by atoms with Crippen LogP contribution >= 0.6 is 11.6 Å². The third kappa shape index (κ3) is 2.86. The van der Waals surface area contributed by atoms with Gasteiger partial charge < -0.3 is 5.32 Å². The molecule has 2 atom stereocenters. The predicted octanol–water partition coefficient (Wildman–Crippen LogP) is 2.45. The van der Waals surface area contributed by atoms with Crippen LogP contribution in [0.1, 0.15) is 25.7 Å². The van der Waals surface area contributed by atoms with Crippen LogP contribution in [0.4, 0.5) is 5.69 Å². The Kier molecular flexibility index (Phi) is 4.16. The maximum Gasteiger partial charge on any atom is 0.244 e. The number of fused-ring (bicyclic) bond motifs is 1. The van der Waals surface area contributed by atoms with E-state index in [1.807, 2.05) is 0 Å². The number of anilines is 1. The number of nitrogens with zero attached hydrogens (tertiary/aromatic N) is 1. The summed E-state index contributed by atoms with van der Waals surface area (Å²) in [6, 6.07) is 6.68. The number of imide groups is 1. The molecular formula is C16H17ClN2O3. The lowest BCUT2D eigenvalue weighted by molar-refractivity contribution is -0.142. The highest BCUT2D eigenvalue weighted by atomic mass is 35.5. The Morgan fingerprint density at radius 2 is 1.64 bits per heavy atom. The van der Waals surface area contributed by atoms with Crippen molar-refractivity contribution in [2.75, 3.05) is 11.9 Å². The number of halogens is 1. The highest BCUT2D eigenvalue weighted by molar-refractivity contribution is 6.30. The van der Waals surface area contributed by atoms with Gasteiger partial charge in [0.15, 0.2) is 0 Å². The van der Waals surface area contributed by atoms with Crippen LogP contribution in [0.5, 0.6) is 0 Å². The summed E-state index contributed by atoms with van der Waals surface area (Å²) < 4.78 is 0. The second-order valence-electron chi connectivity index (χ2n) is 5.82. The predicted molar refractivity (Wildman–Crippen MR) is 82.2 cm³/mol. The highest BCUT2D eigenvalue weighted by Crippen LogP contribution is 2.37. The maximum absolute atomic E-state index is 12.3. The maximum atomic E-state index is 12.3. The molecule has 1 aliphatic carbocycles. The van der Waals surface area contributed by atoms with E-state index in [9.17, 15) is 14.4 Å². The summed E-state index contributed by atoms with van der Waals surface area (Å²) in [5, 5.41) is 3.25. The van der Waals surface area contributed by atoms with Crippen molar-refractivity contribution in [2.24, 2.45) is 11.8 Å². The molecule has 1 saturated heterocycles. The molecular weight excluding hydrogens is 304 g/mol. The number of likely N-dealkylation sites (tertiary alicyclic amines) is 1. The van der Waals surface area contributed by atoms with Gasteiger partial charge >= 0.3 is 0 Å². The van der Waals surface area contributed by atoms with E-state index in [0.29, 0.717) is 10.7 Å². The molecule has 0 aromatic heterocycles. The molecule has 2 unspecified atom stereocenters. The molecule has 6 heteroatoms. The van der Waals surface area contributed by atoms with Gasteiger partial charge in [-0.1, -0.05) is 24.4 Å². The lowest BCUT2D eigenvalue weighted by atomic mass is 9.81. The Morgan fingerprint density at radius 1 is 1.09 bits per heavy atom. The van der Waals surface area contributed by atoms with Crippen LogP contribution in [0.15, 0.2) is 24.3 Å². The standard InChI is InChI=1S/C16H17ClN2O3/c17-10-5-7-11(8-6-10)18-14(20)9-19-15(21)12-3-1-2-4-13(12)16(19)22/h5-8,12-13H,1-4,9H2,(H,18,20). The molecule has 1 heterocycles. The fraction of sp³-hybridized carbons (Fsp3) is 0.438. The van der Waals surface area contributed by atoms with Crippen LogP contribution in [0.3, 0.4) is 0 Å². The average molecular weight is 321 g/mol. The third-order valence-corrected chi connectivity index (χ3v) is 4.61. The van der Waals surface area contributed by atoms with Gasteiger partial charge in [-0.25, -0.2) is 0 Å². The number of carbonyl (C=O) groups is 3. The number of carbonyl (C=O) groups excluding carboxylic acids is 3. The topological polar surface area (TPSA) is 66.5 Å². The molecule has 1 saturated carbocycles. The number of hydrogen-bond acceptors (Lipinski definition) is 3. The number of hydrogen-bond donors (Lipinski definition) is 1. The van der Waals surface area contributed by atoms with Crippen molar-refractivity contribution in [1.29, 1.82) is 0 Å². The zero-order valence-corrected chi connectivity index (χ0v) is 12.8. The van der Waals surface area contributed by atoms with Crippen molar-refractivity contribution >= 4 is 35.0 Å². The normalized spacial score (nSPS) is 24.3.